The van der Waals surface area contributed by atoms with Crippen LogP contribution < -0.4 is 5.32 Å². The van der Waals surface area contributed by atoms with E-state index < -0.39 is 0 Å². The normalized spacial score (nSPS) is 16.6. The van der Waals surface area contributed by atoms with Crippen LogP contribution in [0.5, 0.6) is 0 Å². The minimum absolute atomic E-state index is 0.137. The second kappa shape index (κ2) is 7.27. The molecule has 1 aliphatic heterocycles. The molecule has 1 atom stereocenters. The lowest BCUT2D eigenvalue weighted by Gasteiger charge is -2.10. The highest BCUT2D eigenvalue weighted by molar-refractivity contribution is 6.33. The van der Waals surface area contributed by atoms with Gasteiger partial charge in [-0.25, -0.2) is 0 Å². The number of carbonyl (C=O) groups excluding carboxylic acids is 1. The summed E-state index contributed by atoms with van der Waals surface area (Å²) in [5, 5.41) is 7.42. The summed E-state index contributed by atoms with van der Waals surface area (Å²) >= 11 is 6.18. The minimum atomic E-state index is -0.381. The van der Waals surface area contributed by atoms with Crippen LogP contribution in [0.25, 0.3) is 22.8 Å². The van der Waals surface area contributed by atoms with Crippen LogP contribution in [0.3, 0.4) is 0 Å². The number of amides is 1. The van der Waals surface area contributed by atoms with Gasteiger partial charge in [-0.05, 0) is 43.2 Å². The van der Waals surface area contributed by atoms with E-state index in [1.165, 1.54) is 0 Å². The Bertz CT molecular complexity index is 935. The van der Waals surface area contributed by atoms with Crippen LogP contribution >= 0.6 is 11.6 Å². The zero-order chi connectivity index (χ0) is 17.9. The summed E-state index contributed by atoms with van der Waals surface area (Å²) in [6.45, 7) is 0.630. The molecule has 2 heterocycles. The van der Waals surface area contributed by atoms with Gasteiger partial charge in [0.2, 0.25) is 5.82 Å². The SMILES string of the molecule is O=C(Nc1cccc(-c2nc(-c3ccccc3Cl)no2)c1)C1CCCO1. The van der Waals surface area contributed by atoms with Crippen molar-refractivity contribution < 1.29 is 14.1 Å². The van der Waals surface area contributed by atoms with Crippen LogP contribution in [0.4, 0.5) is 5.69 Å². The molecule has 0 bridgehead atoms. The highest BCUT2D eigenvalue weighted by Gasteiger charge is 2.23. The Hall–Kier alpha value is -2.70. The van der Waals surface area contributed by atoms with E-state index in [2.05, 4.69) is 15.5 Å². The quantitative estimate of drug-likeness (QED) is 0.746. The first kappa shape index (κ1) is 16.8. The number of rotatable bonds is 4. The average molecular weight is 370 g/mol. The number of anilines is 1. The van der Waals surface area contributed by atoms with Gasteiger partial charge < -0.3 is 14.6 Å². The molecule has 3 aromatic rings. The fraction of sp³-hybridized carbons (Fsp3) is 0.211. The number of carbonyl (C=O) groups is 1. The fourth-order valence-corrected chi connectivity index (χ4v) is 3.05. The van der Waals surface area contributed by atoms with Crippen molar-refractivity contribution in [2.45, 2.75) is 18.9 Å². The summed E-state index contributed by atoms with van der Waals surface area (Å²) < 4.78 is 10.8. The molecule has 1 amide bonds. The van der Waals surface area contributed by atoms with Crippen molar-refractivity contribution >= 4 is 23.2 Å². The lowest BCUT2D eigenvalue weighted by molar-refractivity contribution is -0.124. The molecule has 26 heavy (non-hydrogen) atoms. The first-order chi connectivity index (χ1) is 12.7. The molecule has 132 valence electrons. The number of nitrogens with one attached hydrogen (secondary N) is 1. The lowest BCUT2D eigenvalue weighted by atomic mass is 10.1. The second-order valence-electron chi connectivity index (χ2n) is 5.97. The van der Waals surface area contributed by atoms with Crippen molar-refractivity contribution in [3.8, 4) is 22.8 Å². The van der Waals surface area contributed by atoms with E-state index in [0.717, 1.165) is 12.8 Å². The van der Waals surface area contributed by atoms with Gasteiger partial charge in [0.25, 0.3) is 11.8 Å². The highest BCUT2D eigenvalue weighted by atomic mass is 35.5. The van der Waals surface area contributed by atoms with Crippen LogP contribution in [0.1, 0.15) is 12.8 Å². The molecule has 1 aliphatic rings. The zero-order valence-electron chi connectivity index (χ0n) is 13.8. The van der Waals surface area contributed by atoms with E-state index in [1.54, 1.807) is 12.1 Å². The molecule has 7 heteroatoms. The van der Waals surface area contributed by atoms with Crippen molar-refractivity contribution in [3.63, 3.8) is 0 Å². The van der Waals surface area contributed by atoms with Crippen LogP contribution in [0, 0.1) is 0 Å². The van der Waals surface area contributed by atoms with Crippen LogP contribution in [0.2, 0.25) is 5.02 Å². The predicted octanol–water partition coefficient (Wildman–Crippen LogP) is 4.17. The van der Waals surface area contributed by atoms with Gasteiger partial charge >= 0.3 is 0 Å². The first-order valence-corrected chi connectivity index (χ1v) is 8.70. The van der Waals surface area contributed by atoms with E-state index in [9.17, 15) is 4.79 Å². The average Bonchev–Trinajstić information content (AvgIpc) is 3.35. The van der Waals surface area contributed by atoms with E-state index in [-0.39, 0.29) is 12.0 Å². The number of ether oxygens (including phenoxy) is 1. The number of aromatic nitrogens is 2. The van der Waals surface area contributed by atoms with Gasteiger partial charge in [0.05, 0.1) is 5.02 Å². The summed E-state index contributed by atoms with van der Waals surface area (Å²) in [4.78, 5) is 16.6. The molecule has 0 saturated carbocycles. The molecule has 2 aromatic carbocycles. The van der Waals surface area contributed by atoms with Gasteiger partial charge in [-0.15, -0.1) is 0 Å². The van der Waals surface area contributed by atoms with Crippen LogP contribution in [-0.4, -0.2) is 28.8 Å². The smallest absolute Gasteiger partial charge is 0.258 e. The fourth-order valence-electron chi connectivity index (χ4n) is 2.83. The second-order valence-corrected chi connectivity index (χ2v) is 6.38. The molecule has 1 aromatic heterocycles. The summed E-state index contributed by atoms with van der Waals surface area (Å²) in [6.07, 6.45) is 1.27. The minimum Gasteiger partial charge on any atom is -0.368 e. The molecule has 1 unspecified atom stereocenters. The van der Waals surface area contributed by atoms with Crippen LogP contribution in [0.15, 0.2) is 53.1 Å². The van der Waals surface area contributed by atoms with Gasteiger partial charge in [-0.2, -0.15) is 4.98 Å². The molecule has 1 saturated heterocycles. The Labute approximate surface area is 155 Å². The number of benzene rings is 2. The van der Waals surface area contributed by atoms with Gasteiger partial charge in [0.1, 0.15) is 6.10 Å². The van der Waals surface area contributed by atoms with Gasteiger partial charge in [-0.3, -0.25) is 4.79 Å². The van der Waals surface area contributed by atoms with Crippen molar-refractivity contribution in [2.24, 2.45) is 0 Å². The van der Waals surface area contributed by atoms with Gasteiger partial charge in [-0.1, -0.05) is 35.0 Å². The van der Waals surface area contributed by atoms with Crippen molar-refractivity contribution in [3.05, 3.63) is 53.6 Å². The van der Waals surface area contributed by atoms with E-state index in [0.29, 0.717) is 40.2 Å². The highest BCUT2D eigenvalue weighted by Crippen LogP contribution is 2.28. The molecule has 0 aliphatic carbocycles. The molecule has 1 fully saturated rings. The Morgan fingerprint density at radius 2 is 2.08 bits per heavy atom. The van der Waals surface area contributed by atoms with Crippen molar-refractivity contribution in [1.82, 2.24) is 10.1 Å². The van der Waals surface area contributed by atoms with Gasteiger partial charge in [0.15, 0.2) is 0 Å². The molecule has 4 rings (SSSR count). The number of nitrogens with zero attached hydrogens (tertiary/aromatic N) is 2. The summed E-state index contributed by atoms with van der Waals surface area (Å²) in [5.41, 5.74) is 2.06. The maximum absolute atomic E-state index is 12.2. The zero-order valence-corrected chi connectivity index (χ0v) is 14.6. The summed E-state index contributed by atoms with van der Waals surface area (Å²) in [5.74, 6) is 0.634. The third kappa shape index (κ3) is 3.47. The first-order valence-electron chi connectivity index (χ1n) is 8.32. The Kier molecular flexibility index (Phi) is 4.69. The molecular formula is C19H16ClN3O3. The van der Waals surface area contributed by atoms with Gasteiger partial charge in [0, 0.05) is 23.4 Å². The Morgan fingerprint density at radius 3 is 2.88 bits per heavy atom. The Morgan fingerprint density at radius 1 is 1.19 bits per heavy atom. The monoisotopic (exact) mass is 369 g/mol. The van der Waals surface area contributed by atoms with Crippen LogP contribution in [-0.2, 0) is 9.53 Å². The number of halogens is 1. The third-order valence-electron chi connectivity index (χ3n) is 4.14. The maximum atomic E-state index is 12.2. The van der Waals surface area contributed by atoms with E-state index >= 15 is 0 Å². The maximum Gasteiger partial charge on any atom is 0.258 e. The topological polar surface area (TPSA) is 77.3 Å². The number of hydrogen-bond acceptors (Lipinski definition) is 5. The lowest BCUT2D eigenvalue weighted by Crippen LogP contribution is -2.26. The molecule has 0 spiro atoms. The van der Waals surface area contributed by atoms with E-state index in [1.807, 2.05) is 36.4 Å². The third-order valence-corrected chi connectivity index (χ3v) is 4.47. The van der Waals surface area contributed by atoms with Crippen molar-refractivity contribution in [1.29, 1.82) is 0 Å². The molecule has 1 N–H and O–H groups in total. The molecule has 0 radical (unpaired) electrons. The predicted molar refractivity (Wildman–Crippen MR) is 97.8 cm³/mol. The van der Waals surface area contributed by atoms with E-state index in [4.69, 9.17) is 20.9 Å². The standard InChI is InChI=1S/C19H16ClN3O3/c20-15-8-2-1-7-14(15)17-22-19(26-23-17)12-5-3-6-13(11-12)21-18(24)16-9-4-10-25-16/h1-3,5-8,11,16H,4,9-10H2,(H,21,24). The van der Waals surface area contributed by atoms with Crippen molar-refractivity contribution in [2.75, 3.05) is 11.9 Å². The summed E-state index contributed by atoms with van der Waals surface area (Å²) in [6, 6.07) is 14.6. The molecular weight excluding hydrogens is 354 g/mol. The Balaban J connectivity index is 1.55. The largest absolute Gasteiger partial charge is 0.368 e. The summed E-state index contributed by atoms with van der Waals surface area (Å²) in [7, 11) is 0. The molecule has 6 nitrogen and oxygen atoms in total. The number of hydrogen-bond donors (Lipinski definition) is 1.